The second-order valence-electron chi connectivity index (χ2n) is 3.97. The molecule has 1 unspecified atom stereocenters. The summed E-state index contributed by atoms with van der Waals surface area (Å²) in [4.78, 5) is 32.5. The van der Waals surface area contributed by atoms with Crippen LogP contribution in [0.2, 0.25) is 0 Å². The van der Waals surface area contributed by atoms with Crippen LogP contribution in [-0.4, -0.2) is 35.5 Å². The number of benzene rings is 1. The molecule has 0 saturated heterocycles. The van der Waals surface area contributed by atoms with Gasteiger partial charge in [0.1, 0.15) is 5.75 Å². The lowest BCUT2D eigenvalue weighted by Crippen LogP contribution is -2.37. The van der Waals surface area contributed by atoms with Crippen molar-refractivity contribution < 1.29 is 24.2 Å². The minimum atomic E-state index is -1.15. The van der Waals surface area contributed by atoms with Crippen molar-refractivity contribution in [3.63, 3.8) is 0 Å². The van der Waals surface area contributed by atoms with Gasteiger partial charge in [0.2, 0.25) is 5.91 Å². The van der Waals surface area contributed by atoms with E-state index in [1.165, 1.54) is 24.3 Å². The Hall–Kier alpha value is -2.61. The van der Waals surface area contributed by atoms with Gasteiger partial charge in [-0.2, -0.15) is 0 Å². The highest BCUT2D eigenvalue weighted by Gasteiger charge is 2.16. The van der Waals surface area contributed by atoms with E-state index in [9.17, 15) is 14.4 Å². The van der Waals surface area contributed by atoms with Gasteiger partial charge in [0.05, 0.1) is 12.5 Å². The Morgan fingerprint density at radius 2 is 1.85 bits per heavy atom. The van der Waals surface area contributed by atoms with E-state index < -0.39 is 30.2 Å². The normalized spacial score (nSPS) is 11.4. The first kappa shape index (κ1) is 15.4. The van der Waals surface area contributed by atoms with Gasteiger partial charge in [0.25, 0.3) is 5.91 Å². The third-order valence-corrected chi connectivity index (χ3v) is 2.23. The molecular formula is C12H15N3O5. The number of carboxylic acid groups (broad SMARTS) is 1. The maximum atomic E-state index is 11.6. The first-order valence-corrected chi connectivity index (χ1v) is 5.68. The number of hydrogen-bond acceptors (Lipinski definition) is 5. The highest BCUT2D eigenvalue weighted by molar-refractivity contribution is 5.96. The summed E-state index contributed by atoms with van der Waals surface area (Å²) in [6.45, 7) is -0.241. The minimum Gasteiger partial charge on any atom is -0.484 e. The van der Waals surface area contributed by atoms with Crippen molar-refractivity contribution in [2.24, 2.45) is 11.5 Å². The molecule has 1 atom stereocenters. The zero-order valence-corrected chi connectivity index (χ0v) is 10.5. The second kappa shape index (κ2) is 7.10. The average Bonchev–Trinajstić information content (AvgIpc) is 2.37. The average molecular weight is 281 g/mol. The number of aliphatic carboxylic acids is 1. The Morgan fingerprint density at radius 1 is 1.25 bits per heavy atom. The number of rotatable bonds is 7. The first-order chi connectivity index (χ1) is 9.38. The smallest absolute Gasteiger partial charge is 0.305 e. The molecule has 6 N–H and O–H groups in total. The van der Waals surface area contributed by atoms with Crippen molar-refractivity contribution in [2.45, 2.75) is 12.5 Å². The molecule has 1 aromatic carbocycles. The first-order valence-electron chi connectivity index (χ1n) is 5.68. The van der Waals surface area contributed by atoms with Crippen LogP contribution >= 0.6 is 0 Å². The second-order valence-corrected chi connectivity index (χ2v) is 3.97. The molecule has 0 bridgehead atoms. The van der Waals surface area contributed by atoms with Crippen molar-refractivity contribution in [2.75, 3.05) is 11.9 Å². The van der Waals surface area contributed by atoms with E-state index in [1.807, 2.05) is 0 Å². The zero-order valence-electron chi connectivity index (χ0n) is 10.5. The monoisotopic (exact) mass is 281 g/mol. The predicted octanol–water partition coefficient (Wildman–Crippen LogP) is -0.709. The molecule has 0 spiro atoms. The molecule has 2 amide bonds. The van der Waals surface area contributed by atoms with E-state index in [-0.39, 0.29) is 6.61 Å². The number of nitrogens with one attached hydrogen (secondary N) is 1. The number of nitrogens with two attached hydrogens (primary N) is 2. The lowest BCUT2D eigenvalue weighted by Gasteiger charge is -2.10. The highest BCUT2D eigenvalue weighted by Crippen LogP contribution is 2.15. The molecule has 0 radical (unpaired) electrons. The SMILES string of the molecule is NC(=O)COc1ccc(NC(=O)C(N)CC(=O)O)cc1. The summed E-state index contributed by atoms with van der Waals surface area (Å²) in [5.41, 5.74) is 10.8. The predicted molar refractivity (Wildman–Crippen MR) is 70.0 cm³/mol. The number of primary amides is 1. The summed E-state index contributed by atoms with van der Waals surface area (Å²) in [7, 11) is 0. The summed E-state index contributed by atoms with van der Waals surface area (Å²) < 4.78 is 5.04. The summed E-state index contributed by atoms with van der Waals surface area (Å²) >= 11 is 0. The molecule has 8 heteroatoms. The Bertz CT molecular complexity index is 500. The van der Waals surface area contributed by atoms with E-state index >= 15 is 0 Å². The standard InChI is InChI=1S/C12H15N3O5/c13-9(5-11(17)18)12(19)15-7-1-3-8(4-2-7)20-6-10(14)16/h1-4,9H,5-6,13H2,(H2,14,16)(H,15,19)(H,17,18). The van der Waals surface area contributed by atoms with Crippen LogP contribution in [0, 0.1) is 0 Å². The lowest BCUT2D eigenvalue weighted by atomic mass is 10.2. The molecule has 0 heterocycles. The number of hydrogen-bond donors (Lipinski definition) is 4. The lowest BCUT2D eigenvalue weighted by molar-refractivity contribution is -0.138. The van der Waals surface area contributed by atoms with Gasteiger partial charge in [-0.25, -0.2) is 0 Å². The Morgan fingerprint density at radius 3 is 2.35 bits per heavy atom. The highest BCUT2D eigenvalue weighted by atomic mass is 16.5. The summed E-state index contributed by atoms with van der Waals surface area (Å²) in [5.74, 6) is -1.93. The fourth-order valence-corrected chi connectivity index (χ4v) is 1.30. The van der Waals surface area contributed by atoms with Crippen LogP contribution in [0.5, 0.6) is 5.75 Å². The number of anilines is 1. The van der Waals surface area contributed by atoms with E-state index in [2.05, 4.69) is 5.32 Å². The molecule has 0 saturated carbocycles. The molecule has 8 nitrogen and oxygen atoms in total. The molecule has 0 aliphatic heterocycles. The van der Waals surface area contributed by atoms with Crippen LogP contribution in [0.4, 0.5) is 5.69 Å². The van der Waals surface area contributed by atoms with Crippen molar-refractivity contribution in [3.8, 4) is 5.75 Å². The third kappa shape index (κ3) is 5.36. The van der Waals surface area contributed by atoms with Gasteiger partial charge in [-0.1, -0.05) is 0 Å². The van der Waals surface area contributed by atoms with E-state index in [0.29, 0.717) is 11.4 Å². The maximum Gasteiger partial charge on any atom is 0.305 e. The van der Waals surface area contributed by atoms with Crippen LogP contribution in [0.25, 0.3) is 0 Å². The van der Waals surface area contributed by atoms with Gasteiger partial charge < -0.3 is 26.6 Å². The molecule has 1 rings (SSSR count). The van der Waals surface area contributed by atoms with Gasteiger partial charge in [-0.05, 0) is 24.3 Å². The van der Waals surface area contributed by atoms with E-state index in [0.717, 1.165) is 0 Å². The van der Waals surface area contributed by atoms with Crippen molar-refractivity contribution in [1.29, 1.82) is 0 Å². The van der Waals surface area contributed by atoms with Gasteiger partial charge in [-0.3, -0.25) is 14.4 Å². The van der Waals surface area contributed by atoms with Crippen LogP contribution in [0.3, 0.4) is 0 Å². The quantitative estimate of drug-likeness (QED) is 0.519. The van der Waals surface area contributed by atoms with Gasteiger partial charge in [0, 0.05) is 5.69 Å². The van der Waals surface area contributed by atoms with Crippen molar-refractivity contribution >= 4 is 23.5 Å². The fourth-order valence-electron chi connectivity index (χ4n) is 1.30. The van der Waals surface area contributed by atoms with Crippen LogP contribution in [0.1, 0.15) is 6.42 Å². The van der Waals surface area contributed by atoms with Gasteiger partial charge >= 0.3 is 5.97 Å². The summed E-state index contributed by atoms with van der Waals surface area (Å²) in [6.07, 6.45) is -0.453. The van der Waals surface area contributed by atoms with Crippen molar-refractivity contribution in [1.82, 2.24) is 0 Å². The van der Waals surface area contributed by atoms with Crippen LogP contribution in [0.15, 0.2) is 24.3 Å². The minimum absolute atomic E-state index is 0.241. The third-order valence-electron chi connectivity index (χ3n) is 2.23. The zero-order chi connectivity index (χ0) is 15.1. The molecule has 0 aliphatic carbocycles. The largest absolute Gasteiger partial charge is 0.484 e. The fraction of sp³-hybridized carbons (Fsp3) is 0.250. The molecular weight excluding hydrogens is 266 g/mol. The van der Waals surface area contributed by atoms with E-state index in [4.69, 9.17) is 21.3 Å². The molecule has 20 heavy (non-hydrogen) atoms. The summed E-state index contributed by atoms with van der Waals surface area (Å²) in [6, 6.07) is 4.99. The Balaban J connectivity index is 2.54. The van der Waals surface area contributed by atoms with Gasteiger partial charge in [0.15, 0.2) is 6.61 Å². The van der Waals surface area contributed by atoms with Crippen LogP contribution in [-0.2, 0) is 14.4 Å². The number of carbonyl (C=O) groups is 3. The molecule has 108 valence electrons. The Labute approximate surface area is 114 Å². The molecule has 0 aliphatic rings. The number of ether oxygens (including phenoxy) is 1. The molecule has 0 fully saturated rings. The van der Waals surface area contributed by atoms with Gasteiger partial charge in [-0.15, -0.1) is 0 Å². The van der Waals surface area contributed by atoms with E-state index in [1.54, 1.807) is 0 Å². The maximum absolute atomic E-state index is 11.6. The van der Waals surface area contributed by atoms with Crippen molar-refractivity contribution in [3.05, 3.63) is 24.3 Å². The number of amides is 2. The van der Waals surface area contributed by atoms with Crippen LogP contribution < -0.4 is 21.5 Å². The molecule has 1 aromatic rings. The Kier molecular flexibility index (Phi) is 5.48. The number of carbonyl (C=O) groups excluding carboxylic acids is 2. The number of carboxylic acids is 1. The summed E-state index contributed by atoms with van der Waals surface area (Å²) in [5, 5.41) is 11.0. The topological polar surface area (TPSA) is 145 Å². The molecule has 0 aromatic heterocycles.